The summed E-state index contributed by atoms with van der Waals surface area (Å²) in [5, 5.41) is 3.56. The molecule has 2 aromatic rings. The molecule has 0 fully saturated rings. The van der Waals surface area contributed by atoms with Gasteiger partial charge in [-0.1, -0.05) is 58.7 Å². The normalized spacial score (nSPS) is 12.9. The van der Waals surface area contributed by atoms with Crippen LogP contribution in [0, 0.1) is 0 Å². The van der Waals surface area contributed by atoms with Crippen molar-refractivity contribution in [3.8, 4) is 0 Å². The number of rotatable bonds is 8. The summed E-state index contributed by atoms with van der Waals surface area (Å²) in [5.41, 5.74) is 1.78. The summed E-state index contributed by atoms with van der Waals surface area (Å²) in [6, 6.07) is 14.5. The zero-order chi connectivity index (χ0) is 20.7. The summed E-state index contributed by atoms with van der Waals surface area (Å²) >= 11 is 9.51. The molecule has 0 aliphatic carbocycles. The van der Waals surface area contributed by atoms with Crippen molar-refractivity contribution < 1.29 is 9.59 Å². The molecule has 2 aromatic carbocycles. The molecule has 0 saturated heterocycles. The molecule has 0 aliphatic heterocycles. The van der Waals surface area contributed by atoms with Gasteiger partial charge in [0.15, 0.2) is 0 Å². The minimum Gasteiger partial charge on any atom is -0.352 e. The second kappa shape index (κ2) is 10.6. The van der Waals surface area contributed by atoms with Crippen LogP contribution in [0.25, 0.3) is 0 Å². The van der Waals surface area contributed by atoms with E-state index in [1.807, 2.05) is 50.2 Å². The van der Waals surface area contributed by atoms with E-state index in [9.17, 15) is 9.59 Å². The van der Waals surface area contributed by atoms with Gasteiger partial charge >= 0.3 is 0 Å². The van der Waals surface area contributed by atoms with Crippen LogP contribution in [0.2, 0.25) is 5.02 Å². The van der Waals surface area contributed by atoms with Crippen molar-refractivity contribution in [1.82, 2.24) is 10.2 Å². The van der Waals surface area contributed by atoms with Crippen molar-refractivity contribution in [2.24, 2.45) is 0 Å². The number of benzene rings is 2. The molecule has 0 radical (unpaired) electrons. The number of halogens is 2. The first kappa shape index (κ1) is 22.4. The van der Waals surface area contributed by atoms with Crippen molar-refractivity contribution in [3.63, 3.8) is 0 Å². The van der Waals surface area contributed by atoms with Crippen molar-refractivity contribution in [2.45, 2.75) is 52.2 Å². The van der Waals surface area contributed by atoms with Crippen LogP contribution in [0.3, 0.4) is 0 Å². The number of hydrogen-bond acceptors (Lipinski definition) is 2. The summed E-state index contributed by atoms with van der Waals surface area (Å²) in [7, 11) is 0. The molecular formula is C22H26BrClN2O2. The SMILES string of the molecule is CC[C@@H](C)NC(=O)[C@H](C)N(Cc1cccc(Br)c1)C(=O)Cc1cccc(Cl)c1. The van der Waals surface area contributed by atoms with Crippen LogP contribution >= 0.6 is 27.5 Å². The fourth-order valence-corrected chi connectivity index (χ4v) is 3.46. The second-order valence-electron chi connectivity index (χ2n) is 6.95. The molecule has 0 unspecified atom stereocenters. The Morgan fingerprint density at radius 3 is 2.43 bits per heavy atom. The Morgan fingerprint density at radius 1 is 1.11 bits per heavy atom. The summed E-state index contributed by atoms with van der Waals surface area (Å²) in [6.45, 7) is 6.09. The van der Waals surface area contributed by atoms with Crippen LogP contribution in [-0.2, 0) is 22.6 Å². The molecule has 0 bridgehead atoms. The highest BCUT2D eigenvalue weighted by molar-refractivity contribution is 9.10. The largest absolute Gasteiger partial charge is 0.352 e. The predicted molar refractivity (Wildman–Crippen MR) is 117 cm³/mol. The van der Waals surface area contributed by atoms with Gasteiger partial charge in [-0.25, -0.2) is 0 Å². The fourth-order valence-electron chi connectivity index (χ4n) is 2.80. The first-order valence-corrected chi connectivity index (χ1v) is 10.6. The Morgan fingerprint density at radius 2 is 1.79 bits per heavy atom. The Kier molecular flexibility index (Phi) is 8.52. The molecule has 1 N–H and O–H groups in total. The summed E-state index contributed by atoms with van der Waals surface area (Å²) in [4.78, 5) is 27.4. The van der Waals surface area contributed by atoms with Crippen LogP contribution in [-0.4, -0.2) is 28.8 Å². The predicted octanol–water partition coefficient (Wildman–Crippen LogP) is 4.98. The van der Waals surface area contributed by atoms with E-state index in [4.69, 9.17) is 11.6 Å². The van der Waals surface area contributed by atoms with E-state index in [0.717, 1.165) is 22.0 Å². The maximum Gasteiger partial charge on any atom is 0.242 e. The van der Waals surface area contributed by atoms with Gasteiger partial charge < -0.3 is 10.2 Å². The Balaban J connectivity index is 2.23. The molecule has 2 atom stereocenters. The zero-order valence-electron chi connectivity index (χ0n) is 16.4. The second-order valence-corrected chi connectivity index (χ2v) is 8.30. The number of carbonyl (C=O) groups is 2. The highest BCUT2D eigenvalue weighted by Gasteiger charge is 2.26. The van der Waals surface area contributed by atoms with Crippen molar-refractivity contribution in [2.75, 3.05) is 0 Å². The minimum atomic E-state index is -0.584. The van der Waals surface area contributed by atoms with Crippen LogP contribution in [0.1, 0.15) is 38.3 Å². The van der Waals surface area contributed by atoms with Crippen molar-refractivity contribution in [1.29, 1.82) is 0 Å². The van der Waals surface area contributed by atoms with Crippen LogP contribution < -0.4 is 5.32 Å². The van der Waals surface area contributed by atoms with Crippen LogP contribution in [0.4, 0.5) is 0 Å². The van der Waals surface area contributed by atoms with Gasteiger partial charge in [0.25, 0.3) is 0 Å². The number of nitrogens with one attached hydrogen (secondary N) is 1. The molecule has 2 amide bonds. The lowest BCUT2D eigenvalue weighted by Gasteiger charge is -2.30. The Labute approximate surface area is 180 Å². The van der Waals surface area contributed by atoms with E-state index in [0.29, 0.717) is 11.6 Å². The van der Waals surface area contributed by atoms with E-state index >= 15 is 0 Å². The molecule has 0 heterocycles. The van der Waals surface area contributed by atoms with Gasteiger partial charge in [0.1, 0.15) is 6.04 Å². The fraction of sp³-hybridized carbons (Fsp3) is 0.364. The molecule has 150 valence electrons. The van der Waals surface area contributed by atoms with Gasteiger partial charge in [-0.2, -0.15) is 0 Å². The summed E-state index contributed by atoms with van der Waals surface area (Å²) < 4.78 is 0.934. The molecule has 0 aliphatic rings. The monoisotopic (exact) mass is 464 g/mol. The lowest BCUT2D eigenvalue weighted by Crippen LogP contribution is -2.49. The average Bonchev–Trinajstić information content (AvgIpc) is 2.65. The van der Waals surface area contributed by atoms with E-state index in [2.05, 4.69) is 21.2 Å². The third-order valence-electron chi connectivity index (χ3n) is 4.65. The third-order valence-corrected chi connectivity index (χ3v) is 5.38. The number of nitrogens with zero attached hydrogens (tertiary/aromatic N) is 1. The van der Waals surface area contributed by atoms with E-state index < -0.39 is 6.04 Å². The molecule has 2 rings (SSSR count). The van der Waals surface area contributed by atoms with Gasteiger partial charge in [0, 0.05) is 22.1 Å². The van der Waals surface area contributed by atoms with Crippen LogP contribution in [0.5, 0.6) is 0 Å². The van der Waals surface area contributed by atoms with Gasteiger partial charge in [-0.05, 0) is 55.7 Å². The first-order valence-electron chi connectivity index (χ1n) is 9.39. The van der Waals surface area contributed by atoms with Crippen molar-refractivity contribution in [3.05, 3.63) is 69.2 Å². The third kappa shape index (κ3) is 6.64. The Hall–Kier alpha value is -1.85. The lowest BCUT2D eigenvalue weighted by atomic mass is 10.1. The molecule has 4 nitrogen and oxygen atoms in total. The average molecular weight is 466 g/mol. The molecule has 0 spiro atoms. The first-order chi connectivity index (χ1) is 13.3. The topological polar surface area (TPSA) is 49.4 Å². The minimum absolute atomic E-state index is 0.0608. The van der Waals surface area contributed by atoms with E-state index in [1.54, 1.807) is 24.0 Å². The van der Waals surface area contributed by atoms with Gasteiger partial charge in [-0.3, -0.25) is 9.59 Å². The highest BCUT2D eigenvalue weighted by Crippen LogP contribution is 2.18. The van der Waals surface area contributed by atoms with E-state index in [1.165, 1.54) is 0 Å². The summed E-state index contributed by atoms with van der Waals surface area (Å²) in [6.07, 6.45) is 1.02. The lowest BCUT2D eigenvalue weighted by molar-refractivity contribution is -0.140. The summed E-state index contributed by atoms with van der Waals surface area (Å²) in [5.74, 6) is -0.266. The molecule has 0 saturated carbocycles. The zero-order valence-corrected chi connectivity index (χ0v) is 18.8. The van der Waals surface area contributed by atoms with Crippen LogP contribution in [0.15, 0.2) is 53.0 Å². The molecule has 0 aromatic heterocycles. The maximum atomic E-state index is 13.1. The quantitative estimate of drug-likeness (QED) is 0.598. The highest BCUT2D eigenvalue weighted by atomic mass is 79.9. The molecular weight excluding hydrogens is 440 g/mol. The van der Waals surface area contributed by atoms with Gasteiger partial charge in [0.05, 0.1) is 6.42 Å². The molecule has 6 heteroatoms. The van der Waals surface area contributed by atoms with Gasteiger partial charge in [0.2, 0.25) is 11.8 Å². The number of hydrogen-bond donors (Lipinski definition) is 1. The van der Waals surface area contributed by atoms with Gasteiger partial charge in [-0.15, -0.1) is 0 Å². The Bertz CT molecular complexity index is 828. The number of amides is 2. The van der Waals surface area contributed by atoms with E-state index in [-0.39, 0.29) is 24.3 Å². The number of carbonyl (C=O) groups excluding carboxylic acids is 2. The van der Waals surface area contributed by atoms with Crippen molar-refractivity contribution >= 4 is 39.3 Å². The molecule has 28 heavy (non-hydrogen) atoms. The standard InChI is InChI=1S/C22H26BrClN2O2/c1-4-15(2)25-22(28)16(3)26(14-18-8-5-9-19(23)11-18)21(27)13-17-7-6-10-20(24)12-17/h5-12,15-16H,4,13-14H2,1-3H3,(H,25,28)/t15-,16+/m1/s1. The maximum absolute atomic E-state index is 13.1. The smallest absolute Gasteiger partial charge is 0.242 e.